The van der Waals surface area contributed by atoms with E-state index in [0.29, 0.717) is 38.3 Å². The van der Waals surface area contributed by atoms with Crippen molar-refractivity contribution in [3.05, 3.63) is 71.8 Å². The lowest BCUT2D eigenvalue weighted by molar-refractivity contribution is -0.182. The molecule has 0 bridgehead atoms. The minimum Gasteiger partial charge on any atom is -0.353 e. The number of ether oxygens (including phenoxy) is 2. The van der Waals surface area contributed by atoms with Crippen molar-refractivity contribution >= 4 is 15.9 Å². The standard InChI is InChI=1S/C30H38FN5O5S/c1-22(2)18-28-30(37)34(20-27-21-35(33-32-27)13-12-29-40-15-3-16-41-29)14-17-42(38,39)36(28)19-23-4-6-24(7-5-23)25-8-10-26(31)11-9-25/h4-11,21-22,28-29H,3,12-20H2,1-2H3. The van der Waals surface area contributed by atoms with Gasteiger partial charge in [0.15, 0.2) is 6.29 Å². The van der Waals surface area contributed by atoms with Crippen molar-refractivity contribution in [3.63, 3.8) is 0 Å². The summed E-state index contributed by atoms with van der Waals surface area (Å²) in [6.45, 7) is 6.23. The first-order valence-electron chi connectivity index (χ1n) is 14.4. The van der Waals surface area contributed by atoms with Crippen molar-refractivity contribution in [1.82, 2.24) is 24.2 Å². The molecule has 10 nitrogen and oxygen atoms in total. The van der Waals surface area contributed by atoms with Gasteiger partial charge >= 0.3 is 0 Å². The van der Waals surface area contributed by atoms with Gasteiger partial charge in [0.25, 0.3) is 0 Å². The van der Waals surface area contributed by atoms with Crippen LogP contribution in [0.4, 0.5) is 4.39 Å². The van der Waals surface area contributed by atoms with Crippen LogP contribution in [0.15, 0.2) is 54.7 Å². The fourth-order valence-electron chi connectivity index (χ4n) is 5.29. The quantitative estimate of drug-likeness (QED) is 0.349. The van der Waals surface area contributed by atoms with Crippen LogP contribution in [0.25, 0.3) is 11.1 Å². The zero-order valence-electron chi connectivity index (χ0n) is 24.1. The molecule has 1 atom stereocenters. The molecule has 42 heavy (non-hydrogen) atoms. The van der Waals surface area contributed by atoms with E-state index in [1.165, 1.54) is 16.4 Å². The van der Waals surface area contributed by atoms with Crippen LogP contribution in [0.3, 0.4) is 0 Å². The molecule has 5 rings (SSSR count). The SMILES string of the molecule is CC(C)CC1C(=O)N(Cc2cn(CCC3OCCCO3)nn2)CCS(=O)(=O)N1Cc1ccc(-c2ccc(F)cc2)cc1. The molecule has 3 aromatic rings. The third-order valence-corrected chi connectivity index (χ3v) is 9.31. The van der Waals surface area contributed by atoms with Gasteiger partial charge in [-0.1, -0.05) is 55.5 Å². The average Bonchev–Trinajstić information content (AvgIpc) is 3.41. The van der Waals surface area contributed by atoms with Crippen LogP contribution >= 0.6 is 0 Å². The molecule has 12 heteroatoms. The molecule has 0 N–H and O–H groups in total. The number of carbonyl (C=O) groups is 1. The molecule has 0 saturated carbocycles. The molecular weight excluding hydrogens is 561 g/mol. The molecule has 0 radical (unpaired) electrons. The second kappa shape index (κ2) is 13.4. The lowest BCUT2D eigenvalue weighted by atomic mass is 10.0. The fraction of sp³-hybridized carbons (Fsp3) is 0.500. The Labute approximate surface area is 246 Å². The number of hydrogen-bond donors (Lipinski definition) is 0. The van der Waals surface area contributed by atoms with E-state index < -0.39 is 16.1 Å². The summed E-state index contributed by atoms with van der Waals surface area (Å²) in [7, 11) is -3.73. The van der Waals surface area contributed by atoms with Crippen molar-refractivity contribution in [3.8, 4) is 11.1 Å². The van der Waals surface area contributed by atoms with Crippen LogP contribution in [-0.2, 0) is 43.9 Å². The maximum Gasteiger partial charge on any atom is 0.241 e. The molecule has 1 unspecified atom stereocenters. The molecule has 2 saturated heterocycles. The maximum atomic E-state index is 13.9. The van der Waals surface area contributed by atoms with Gasteiger partial charge in [0, 0.05) is 26.1 Å². The molecule has 0 spiro atoms. The number of nitrogens with zero attached hydrogens (tertiary/aromatic N) is 5. The topological polar surface area (TPSA) is 107 Å². The Hall–Kier alpha value is -3.19. The number of aromatic nitrogens is 3. The van der Waals surface area contributed by atoms with Gasteiger partial charge in [0.1, 0.15) is 17.6 Å². The van der Waals surface area contributed by atoms with Gasteiger partial charge in [-0.3, -0.25) is 9.48 Å². The van der Waals surface area contributed by atoms with E-state index in [2.05, 4.69) is 10.3 Å². The maximum absolute atomic E-state index is 13.9. The Morgan fingerprint density at radius 3 is 2.33 bits per heavy atom. The Morgan fingerprint density at radius 2 is 1.67 bits per heavy atom. The molecule has 2 aromatic carbocycles. The highest BCUT2D eigenvalue weighted by molar-refractivity contribution is 7.89. The van der Waals surface area contributed by atoms with E-state index in [-0.39, 0.29) is 49.3 Å². The Kier molecular flexibility index (Phi) is 9.67. The summed E-state index contributed by atoms with van der Waals surface area (Å²) >= 11 is 0. The van der Waals surface area contributed by atoms with E-state index >= 15 is 0 Å². The summed E-state index contributed by atoms with van der Waals surface area (Å²) in [5.41, 5.74) is 3.12. The first-order chi connectivity index (χ1) is 20.2. The van der Waals surface area contributed by atoms with Crippen LogP contribution in [0.1, 0.15) is 44.4 Å². The van der Waals surface area contributed by atoms with E-state index in [0.717, 1.165) is 23.1 Å². The fourth-order valence-corrected chi connectivity index (χ4v) is 6.89. The second-order valence-corrected chi connectivity index (χ2v) is 13.3. The number of sulfonamides is 1. The lowest BCUT2D eigenvalue weighted by Gasteiger charge is -2.30. The van der Waals surface area contributed by atoms with Gasteiger partial charge in [-0.25, -0.2) is 12.8 Å². The minimum absolute atomic E-state index is 0.0758. The average molecular weight is 600 g/mol. The molecule has 2 aliphatic rings. The van der Waals surface area contributed by atoms with Gasteiger partial charge in [-0.15, -0.1) is 5.10 Å². The number of rotatable bonds is 10. The highest BCUT2D eigenvalue weighted by Crippen LogP contribution is 2.27. The van der Waals surface area contributed by atoms with Crippen molar-refractivity contribution in [2.24, 2.45) is 5.92 Å². The largest absolute Gasteiger partial charge is 0.353 e. The number of carbonyl (C=O) groups excluding carboxylic acids is 1. The highest BCUT2D eigenvalue weighted by Gasteiger charge is 2.41. The first kappa shape index (κ1) is 30.3. The zero-order chi connectivity index (χ0) is 29.7. The van der Waals surface area contributed by atoms with Crippen molar-refractivity contribution in [1.29, 1.82) is 0 Å². The third kappa shape index (κ3) is 7.60. The number of halogens is 1. The van der Waals surface area contributed by atoms with Gasteiger partial charge in [-0.2, -0.15) is 4.31 Å². The van der Waals surface area contributed by atoms with Gasteiger partial charge in [-0.05, 0) is 47.6 Å². The molecule has 3 heterocycles. The molecule has 2 aliphatic heterocycles. The number of hydrogen-bond acceptors (Lipinski definition) is 7. The van der Waals surface area contributed by atoms with Crippen LogP contribution < -0.4 is 0 Å². The number of benzene rings is 2. The van der Waals surface area contributed by atoms with Gasteiger partial charge < -0.3 is 14.4 Å². The Balaban J connectivity index is 1.29. The molecule has 2 fully saturated rings. The normalized spacial score (nSPS) is 20.2. The molecule has 1 amide bonds. The predicted octanol–water partition coefficient (Wildman–Crippen LogP) is 3.83. The predicted molar refractivity (Wildman–Crippen MR) is 155 cm³/mol. The molecule has 0 aliphatic carbocycles. The van der Waals surface area contributed by atoms with E-state index in [9.17, 15) is 17.6 Å². The summed E-state index contributed by atoms with van der Waals surface area (Å²) < 4.78 is 54.7. The Bertz CT molecular complexity index is 1440. The number of amides is 1. The highest BCUT2D eigenvalue weighted by atomic mass is 32.2. The van der Waals surface area contributed by atoms with E-state index in [1.807, 2.05) is 38.1 Å². The lowest BCUT2D eigenvalue weighted by Crippen LogP contribution is -2.47. The summed E-state index contributed by atoms with van der Waals surface area (Å²) in [6, 6.07) is 12.9. The molecule has 1 aromatic heterocycles. The summed E-state index contributed by atoms with van der Waals surface area (Å²) in [6.07, 6.45) is 3.46. The van der Waals surface area contributed by atoms with Crippen molar-refractivity contribution in [2.75, 3.05) is 25.5 Å². The van der Waals surface area contributed by atoms with E-state index in [4.69, 9.17) is 9.47 Å². The summed E-state index contributed by atoms with van der Waals surface area (Å²) in [5.74, 6) is -0.610. The molecular formula is C30H38FN5O5S. The van der Waals surface area contributed by atoms with Gasteiger partial charge in [0.05, 0.1) is 31.7 Å². The second-order valence-electron chi connectivity index (χ2n) is 11.3. The summed E-state index contributed by atoms with van der Waals surface area (Å²) in [4.78, 5) is 15.5. The number of aryl methyl sites for hydroxylation is 1. The third-order valence-electron chi connectivity index (χ3n) is 7.51. The zero-order valence-corrected chi connectivity index (χ0v) is 24.9. The van der Waals surface area contributed by atoms with Crippen LogP contribution in [0, 0.1) is 11.7 Å². The van der Waals surface area contributed by atoms with Gasteiger partial charge in [0.2, 0.25) is 15.9 Å². The van der Waals surface area contributed by atoms with Crippen molar-refractivity contribution < 1.29 is 27.1 Å². The van der Waals surface area contributed by atoms with Crippen molar-refractivity contribution in [2.45, 2.75) is 65.1 Å². The summed E-state index contributed by atoms with van der Waals surface area (Å²) in [5, 5.41) is 8.42. The van der Waals surface area contributed by atoms with Crippen LogP contribution in [-0.4, -0.2) is 76.4 Å². The minimum atomic E-state index is -3.73. The van der Waals surface area contributed by atoms with E-state index in [1.54, 1.807) is 27.9 Å². The monoisotopic (exact) mass is 599 g/mol. The van der Waals surface area contributed by atoms with Crippen LogP contribution in [0.5, 0.6) is 0 Å². The smallest absolute Gasteiger partial charge is 0.241 e. The first-order valence-corrected chi connectivity index (χ1v) is 16.0. The van der Waals surface area contributed by atoms with Crippen LogP contribution in [0.2, 0.25) is 0 Å². The molecule has 226 valence electrons. The Morgan fingerprint density at radius 1 is 1.00 bits per heavy atom.